The van der Waals surface area contributed by atoms with Crippen molar-refractivity contribution in [3.63, 3.8) is 0 Å². The lowest BCUT2D eigenvalue weighted by Gasteiger charge is -2.27. The summed E-state index contributed by atoms with van der Waals surface area (Å²) in [5.41, 5.74) is 5.36. The van der Waals surface area contributed by atoms with Gasteiger partial charge in [0, 0.05) is 0 Å². The number of benzene rings is 2. The molecule has 2 aromatic rings. The Hall–Kier alpha value is -1.80. The molecule has 0 saturated carbocycles. The van der Waals surface area contributed by atoms with Gasteiger partial charge < -0.3 is 9.47 Å². The lowest BCUT2D eigenvalue weighted by atomic mass is 9.94. The molecular weight excluding hydrogens is 248 g/mol. The van der Waals surface area contributed by atoms with E-state index in [2.05, 4.69) is 36.4 Å². The van der Waals surface area contributed by atoms with Crippen LogP contribution in [-0.2, 0) is 24.2 Å². The fourth-order valence-corrected chi connectivity index (χ4v) is 3.15. The molecule has 0 amide bonds. The van der Waals surface area contributed by atoms with Crippen LogP contribution in [0.25, 0.3) is 0 Å². The smallest absolute Gasteiger partial charge is 0.124 e. The van der Waals surface area contributed by atoms with Gasteiger partial charge in [-0.15, -0.1) is 0 Å². The van der Waals surface area contributed by atoms with E-state index < -0.39 is 0 Å². The summed E-state index contributed by atoms with van der Waals surface area (Å²) in [5.74, 6) is 1.04. The second-order valence-corrected chi connectivity index (χ2v) is 5.58. The molecule has 2 heterocycles. The van der Waals surface area contributed by atoms with E-state index in [1.165, 1.54) is 22.3 Å². The number of aryl methyl sites for hydroxylation is 1. The molecule has 4 rings (SSSR count). The Kier molecular flexibility index (Phi) is 2.96. The van der Waals surface area contributed by atoms with Crippen LogP contribution in [0.2, 0.25) is 0 Å². The van der Waals surface area contributed by atoms with Gasteiger partial charge >= 0.3 is 0 Å². The fourth-order valence-electron chi connectivity index (χ4n) is 3.15. The Balaban J connectivity index is 1.63. The number of para-hydroxylation sites is 1. The molecule has 0 aromatic heterocycles. The second-order valence-electron chi connectivity index (χ2n) is 5.58. The van der Waals surface area contributed by atoms with Gasteiger partial charge in [-0.2, -0.15) is 0 Å². The summed E-state index contributed by atoms with van der Waals surface area (Å²) in [6, 6.07) is 15.1. The molecule has 0 fully saturated rings. The Bertz CT molecular complexity index is 633. The normalized spacial score (nSPS) is 20.7. The van der Waals surface area contributed by atoms with Crippen molar-refractivity contribution in [1.82, 2.24) is 0 Å². The van der Waals surface area contributed by atoms with Gasteiger partial charge in [-0.3, -0.25) is 0 Å². The topological polar surface area (TPSA) is 18.5 Å². The molecule has 0 N–H and O–H groups in total. The van der Waals surface area contributed by atoms with Crippen molar-refractivity contribution >= 4 is 0 Å². The quantitative estimate of drug-likeness (QED) is 0.781. The van der Waals surface area contributed by atoms with Crippen molar-refractivity contribution in [3.8, 4) is 5.75 Å². The van der Waals surface area contributed by atoms with E-state index in [1.54, 1.807) is 0 Å². The Morgan fingerprint density at radius 1 is 0.900 bits per heavy atom. The van der Waals surface area contributed by atoms with E-state index in [0.29, 0.717) is 0 Å². The highest BCUT2D eigenvalue weighted by Gasteiger charge is 2.22. The number of rotatable bonds is 1. The van der Waals surface area contributed by atoms with Gasteiger partial charge in [0.2, 0.25) is 0 Å². The molecule has 2 heteroatoms. The van der Waals surface area contributed by atoms with Gasteiger partial charge in [0.1, 0.15) is 11.9 Å². The lowest BCUT2D eigenvalue weighted by molar-refractivity contribution is 0.110. The van der Waals surface area contributed by atoms with Crippen LogP contribution in [0, 0.1) is 0 Å². The molecule has 2 aromatic carbocycles. The third-order valence-electron chi connectivity index (χ3n) is 4.29. The molecule has 2 aliphatic heterocycles. The molecule has 2 aliphatic rings. The molecule has 20 heavy (non-hydrogen) atoms. The van der Waals surface area contributed by atoms with Gasteiger partial charge in [0.05, 0.1) is 13.2 Å². The molecule has 1 atom stereocenters. The number of hydrogen-bond acceptors (Lipinski definition) is 2. The van der Waals surface area contributed by atoms with Crippen molar-refractivity contribution in [1.29, 1.82) is 0 Å². The van der Waals surface area contributed by atoms with E-state index in [0.717, 1.165) is 38.2 Å². The second kappa shape index (κ2) is 4.95. The van der Waals surface area contributed by atoms with Crippen molar-refractivity contribution in [2.45, 2.75) is 32.0 Å². The van der Waals surface area contributed by atoms with Crippen LogP contribution in [-0.4, -0.2) is 6.61 Å². The summed E-state index contributed by atoms with van der Waals surface area (Å²) >= 11 is 0. The zero-order chi connectivity index (χ0) is 13.4. The van der Waals surface area contributed by atoms with Gasteiger partial charge in [-0.05, 0) is 53.6 Å². The third kappa shape index (κ3) is 2.10. The molecule has 0 saturated heterocycles. The molecule has 0 spiro atoms. The molecule has 102 valence electrons. The van der Waals surface area contributed by atoms with Crippen molar-refractivity contribution in [2.24, 2.45) is 0 Å². The monoisotopic (exact) mass is 266 g/mol. The zero-order valence-corrected chi connectivity index (χ0v) is 11.5. The molecule has 2 nitrogen and oxygen atoms in total. The summed E-state index contributed by atoms with van der Waals surface area (Å²) in [6.07, 6.45) is 3.35. The Morgan fingerprint density at radius 3 is 2.85 bits per heavy atom. The number of hydrogen-bond donors (Lipinski definition) is 0. The van der Waals surface area contributed by atoms with Crippen LogP contribution < -0.4 is 4.74 Å². The SMILES string of the molecule is c1ccc2c(c1)CCC(c1ccc3c(c1)COCC3)O2. The molecule has 0 bridgehead atoms. The van der Waals surface area contributed by atoms with E-state index in [-0.39, 0.29) is 6.10 Å². The predicted molar refractivity (Wildman–Crippen MR) is 77.9 cm³/mol. The first-order chi connectivity index (χ1) is 9.90. The maximum absolute atomic E-state index is 6.17. The minimum absolute atomic E-state index is 0.178. The standard InChI is InChI=1S/C18H18O2/c1-2-4-17-14(3-1)7-8-18(20-17)15-6-5-13-9-10-19-12-16(13)11-15/h1-6,11,18H,7-10,12H2. The first kappa shape index (κ1) is 12.0. The van der Waals surface area contributed by atoms with Crippen LogP contribution in [0.15, 0.2) is 42.5 Å². The average Bonchev–Trinajstić information content (AvgIpc) is 2.54. The summed E-state index contributed by atoms with van der Waals surface area (Å²) in [6.45, 7) is 1.59. The lowest BCUT2D eigenvalue weighted by Crippen LogP contribution is -2.16. The van der Waals surface area contributed by atoms with Gasteiger partial charge in [0.15, 0.2) is 0 Å². The van der Waals surface area contributed by atoms with Crippen LogP contribution in [0.4, 0.5) is 0 Å². The first-order valence-electron chi connectivity index (χ1n) is 7.34. The van der Waals surface area contributed by atoms with E-state index in [4.69, 9.17) is 9.47 Å². The average molecular weight is 266 g/mol. The van der Waals surface area contributed by atoms with E-state index >= 15 is 0 Å². The summed E-state index contributed by atoms with van der Waals surface area (Å²) in [7, 11) is 0. The molecular formula is C18H18O2. The van der Waals surface area contributed by atoms with Crippen molar-refractivity contribution in [3.05, 3.63) is 64.7 Å². The van der Waals surface area contributed by atoms with Gasteiger partial charge in [0.25, 0.3) is 0 Å². The minimum Gasteiger partial charge on any atom is -0.485 e. The summed E-state index contributed by atoms with van der Waals surface area (Å²) < 4.78 is 11.7. The predicted octanol–water partition coefficient (Wildman–Crippen LogP) is 3.83. The highest BCUT2D eigenvalue weighted by atomic mass is 16.5. The highest BCUT2D eigenvalue weighted by molar-refractivity contribution is 5.39. The highest BCUT2D eigenvalue weighted by Crippen LogP contribution is 2.35. The van der Waals surface area contributed by atoms with E-state index in [1.807, 2.05) is 6.07 Å². The maximum Gasteiger partial charge on any atom is 0.124 e. The minimum atomic E-state index is 0.178. The van der Waals surface area contributed by atoms with Crippen molar-refractivity contribution < 1.29 is 9.47 Å². The molecule has 0 radical (unpaired) electrons. The first-order valence-corrected chi connectivity index (χ1v) is 7.34. The Morgan fingerprint density at radius 2 is 1.85 bits per heavy atom. The maximum atomic E-state index is 6.17. The van der Waals surface area contributed by atoms with Crippen LogP contribution in [0.3, 0.4) is 0 Å². The molecule has 0 aliphatic carbocycles. The number of fused-ring (bicyclic) bond motifs is 2. The number of ether oxygens (including phenoxy) is 2. The van der Waals surface area contributed by atoms with Gasteiger partial charge in [-0.25, -0.2) is 0 Å². The van der Waals surface area contributed by atoms with E-state index in [9.17, 15) is 0 Å². The van der Waals surface area contributed by atoms with Gasteiger partial charge in [-0.1, -0.05) is 30.3 Å². The molecule has 1 unspecified atom stereocenters. The summed E-state index contributed by atoms with van der Waals surface area (Å²) in [4.78, 5) is 0. The Labute approximate surface area is 119 Å². The van der Waals surface area contributed by atoms with Crippen molar-refractivity contribution in [2.75, 3.05) is 6.61 Å². The fraction of sp³-hybridized carbons (Fsp3) is 0.333. The zero-order valence-electron chi connectivity index (χ0n) is 11.5. The third-order valence-corrected chi connectivity index (χ3v) is 4.29. The van der Waals surface area contributed by atoms with Crippen LogP contribution in [0.1, 0.15) is 34.8 Å². The van der Waals surface area contributed by atoms with Crippen LogP contribution in [0.5, 0.6) is 5.75 Å². The van der Waals surface area contributed by atoms with Crippen LogP contribution >= 0.6 is 0 Å². The largest absolute Gasteiger partial charge is 0.485 e. The summed E-state index contributed by atoms with van der Waals surface area (Å²) in [5, 5.41) is 0.